The number of amides is 1. The Morgan fingerprint density at radius 1 is 1.36 bits per heavy atom. The summed E-state index contributed by atoms with van der Waals surface area (Å²) in [7, 11) is 0. The second kappa shape index (κ2) is 6.10. The Morgan fingerprint density at radius 3 is 2.86 bits per heavy atom. The van der Waals surface area contributed by atoms with Gasteiger partial charge in [0.1, 0.15) is 5.37 Å². The van der Waals surface area contributed by atoms with Gasteiger partial charge in [0, 0.05) is 39.7 Å². The number of aryl methyl sites for hydroxylation is 1. The summed E-state index contributed by atoms with van der Waals surface area (Å²) in [6.07, 6.45) is 0. The van der Waals surface area contributed by atoms with E-state index in [1.165, 1.54) is 17.0 Å². The van der Waals surface area contributed by atoms with E-state index < -0.39 is 4.92 Å². The van der Waals surface area contributed by atoms with E-state index in [0.29, 0.717) is 12.1 Å². The number of benzene rings is 1. The molecular weight excluding hydrogens is 320 g/mol. The molecule has 7 heteroatoms. The number of carbonyl (C=O) groups is 1. The molecule has 1 aromatic carbocycles. The molecule has 2 heterocycles. The molecule has 0 N–H and O–H groups in total. The second-order valence-electron chi connectivity index (χ2n) is 4.98. The van der Waals surface area contributed by atoms with E-state index >= 15 is 0 Å². The highest BCUT2D eigenvalue weighted by Crippen LogP contribution is 2.41. The number of nitro groups is 1. The molecule has 0 spiro atoms. The van der Waals surface area contributed by atoms with Gasteiger partial charge >= 0.3 is 0 Å². The summed E-state index contributed by atoms with van der Waals surface area (Å²) in [6.45, 7) is 2.70. The minimum atomic E-state index is -0.477. The van der Waals surface area contributed by atoms with Gasteiger partial charge in [0.25, 0.3) is 11.6 Å². The zero-order valence-corrected chi connectivity index (χ0v) is 13.5. The van der Waals surface area contributed by atoms with Crippen molar-refractivity contribution in [3.8, 4) is 0 Å². The molecule has 1 amide bonds. The molecule has 1 atom stereocenters. The number of nitrogens with zero attached hydrogens (tertiary/aromatic N) is 2. The number of thioether (sulfide) groups is 1. The fraction of sp³-hybridized carbons (Fsp3) is 0.267. The number of non-ortho nitro benzene ring substituents is 1. The average molecular weight is 334 g/mol. The summed E-state index contributed by atoms with van der Waals surface area (Å²) < 4.78 is 0. The molecule has 0 aliphatic carbocycles. The lowest BCUT2D eigenvalue weighted by Gasteiger charge is -2.23. The maximum Gasteiger partial charge on any atom is 0.270 e. The average Bonchev–Trinajstić information content (AvgIpc) is 3.15. The van der Waals surface area contributed by atoms with Gasteiger partial charge < -0.3 is 4.90 Å². The van der Waals surface area contributed by atoms with Crippen LogP contribution < -0.4 is 0 Å². The van der Waals surface area contributed by atoms with E-state index in [-0.39, 0.29) is 17.0 Å². The van der Waals surface area contributed by atoms with Crippen LogP contribution in [0.25, 0.3) is 0 Å². The molecule has 1 aliphatic rings. The van der Waals surface area contributed by atoms with Gasteiger partial charge in [-0.15, -0.1) is 23.1 Å². The minimum Gasteiger partial charge on any atom is -0.321 e. The summed E-state index contributed by atoms with van der Waals surface area (Å²) in [4.78, 5) is 27.3. The van der Waals surface area contributed by atoms with Crippen molar-refractivity contribution >= 4 is 34.7 Å². The Kier molecular flexibility index (Phi) is 4.17. The third-order valence-corrected chi connectivity index (χ3v) is 5.91. The van der Waals surface area contributed by atoms with Crippen molar-refractivity contribution in [1.82, 2.24) is 4.90 Å². The zero-order chi connectivity index (χ0) is 15.7. The van der Waals surface area contributed by atoms with Crippen molar-refractivity contribution in [3.63, 3.8) is 0 Å². The highest BCUT2D eigenvalue weighted by Gasteiger charge is 2.32. The summed E-state index contributed by atoms with van der Waals surface area (Å²) >= 11 is 3.42. The van der Waals surface area contributed by atoms with E-state index in [9.17, 15) is 14.9 Å². The Labute approximate surface area is 136 Å². The standard InChI is InChI=1S/C15H14N2O3S2/c1-10-5-6-13(22-10)15-16(7-8-21-15)14(18)11-3-2-4-12(9-11)17(19)20/h2-6,9,15H,7-8H2,1H3. The molecule has 1 aliphatic heterocycles. The third kappa shape index (κ3) is 2.86. The van der Waals surface area contributed by atoms with Gasteiger partial charge in [-0.3, -0.25) is 14.9 Å². The van der Waals surface area contributed by atoms with Crippen molar-refractivity contribution in [2.24, 2.45) is 0 Å². The molecule has 0 saturated carbocycles. The molecule has 22 heavy (non-hydrogen) atoms. The minimum absolute atomic E-state index is 0.00506. The van der Waals surface area contributed by atoms with Gasteiger partial charge in [0.2, 0.25) is 0 Å². The van der Waals surface area contributed by atoms with Crippen molar-refractivity contribution in [2.75, 3.05) is 12.3 Å². The van der Waals surface area contributed by atoms with Crippen LogP contribution in [0, 0.1) is 17.0 Å². The molecule has 1 unspecified atom stereocenters. The molecule has 0 radical (unpaired) electrons. The van der Waals surface area contributed by atoms with Crippen LogP contribution in [-0.4, -0.2) is 28.0 Å². The Bertz CT molecular complexity index is 729. The molecule has 1 saturated heterocycles. The highest BCUT2D eigenvalue weighted by atomic mass is 32.2. The van der Waals surface area contributed by atoms with E-state index in [1.807, 2.05) is 6.92 Å². The summed E-state index contributed by atoms with van der Waals surface area (Å²) in [5.41, 5.74) is 0.316. The predicted molar refractivity (Wildman–Crippen MR) is 88.4 cm³/mol. The molecule has 1 aromatic heterocycles. The predicted octanol–water partition coefficient (Wildman–Crippen LogP) is 3.85. The maximum absolute atomic E-state index is 12.7. The van der Waals surface area contributed by atoms with Gasteiger partial charge in [0.05, 0.1) is 4.92 Å². The first-order valence-corrected chi connectivity index (χ1v) is 8.66. The lowest BCUT2D eigenvalue weighted by Crippen LogP contribution is -2.30. The number of nitro benzene ring substituents is 1. The van der Waals surface area contributed by atoms with Crippen LogP contribution in [0.2, 0.25) is 0 Å². The van der Waals surface area contributed by atoms with Gasteiger partial charge in [0.15, 0.2) is 0 Å². The first-order valence-electron chi connectivity index (χ1n) is 6.79. The molecule has 1 fully saturated rings. The molecule has 2 aromatic rings. The van der Waals surface area contributed by atoms with E-state index in [4.69, 9.17) is 0 Å². The van der Waals surface area contributed by atoms with E-state index in [0.717, 1.165) is 10.6 Å². The van der Waals surface area contributed by atoms with Gasteiger partial charge in [-0.1, -0.05) is 6.07 Å². The quantitative estimate of drug-likeness (QED) is 0.632. The Morgan fingerprint density at radius 2 is 2.18 bits per heavy atom. The lowest BCUT2D eigenvalue weighted by molar-refractivity contribution is -0.384. The second-order valence-corrected chi connectivity index (χ2v) is 7.49. The third-order valence-electron chi connectivity index (χ3n) is 3.46. The SMILES string of the molecule is Cc1ccc(C2SCCN2C(=O)c2cccc([N+](=O)[O-])c2)s1. The van der Waals surface area contributed by atoms with Crippen LogP contribution in [0.15, 0.2) is 36.4 Å². The van der Waals surface area contributed by atoms with Crippen molar-refractivity contribution < 1.29 is 9.72 Å². The van der Waals surface area contributed by atoms with Crippen LogP contribution in [-0.2, 0) is 0 Å². The molecule has 0 bridgehead atoms. The van der Waals surface area contributed by atoms with Gasteiger partial charge in [-0.2, -0.15) is 0 Å². The Hall–Kier alpha value is -1.86. The Balaban J connectivity index is 1.87. The first kappa shape index (κ1) is 15.1. The van der Waals surface area contributed by atoms with E-state index in [2.05, 4.69) is 12.1 Å². The fourth-order valence-corrected chi connectivity index (χ4v) is 4.79. The number of hydrogen-bond donors (Lipinski definition) is 0. The van der Waals surface area contributed by atoms with Crippen LogP contribution in [0.5, 0.6) is 0 Å². The number of thiophene rings is 1. The number of carbonyl (C=O) groups excluding carboxylic acids is 1. The van der Waals surface area contributed by atoms with Gasteiger partial charge in [-0.25, -0.2) is 0 Å². The summed E-state index contributed by atoms with van der Waals surface area (Å²) in [5.74, 6) is 0.729. The normalized spacial score (nSPS) is 17.7. The number of hydrogen-bond acceptors (Lipinski definition) is 5. The van der Waals surface area contributed by atoms with Gasteiger partial charge in [-0.05, 0) is 25.1 Å². The highest BCUT2D eigenvalue weighted by molar-refractivity contribution is 7.99. The van der Waals surface area contributed by atoms with Crippen LogP contribution in [0.1, 0.15) is 25.5 Å². The summed E-state index contributed by atoms with van der Waals surface area (Å²) in [5, 5.41) is 10.9. The largest absolute Gasteiger partial charge is 0.321 e. The zero-order valence-electron chi connectivity index (χ0n) is 11.9. The fourth-order valence-electron chi connectivity index (χ4n) is 2.42. The maximum atomic E-state index is 12.7. The van der Waals surface area contributed by atoms with Crippen LogP contribution in [0.3, 0.4) is 0 Å². The van der Waals surface area contributed by atoms with E-state index in [1.54, 1.807) is 40.1 Å². The lowest BCUT2D eigenvalue weighted by atomic mass is 10.1. The molecular formula is C15H14N2O3S2. The smallest absolute Gasteiger partial charge is 0.270 e. The van der Waals surface area contributed by atoms with Crippen LogP contribution in [0.4, 0.5) is 5.69 Å². The topological polar surface area (TPSA) is 63.5 Å². The summed E-state index contributed by atoms with van der Waals surface area (Å²) in [6, 6.07) is 10.0. The molecule has 114 valence electrons. The van der Waals surface area contributed by atoms with Crippen molar-refractivity contribution in [1.29, 1.82) is 0 Å². The number of rotatable bonds is 3. The van der Waals surface area contributed by atoms with Crippen molar-refractivity contribution in [3.05, 3.63) is 61.8 Å². The van der Waals surface area contributed by atoms with Crippen LogP contribution >= 0.6 is 23.1 Å². The monoisotopic (exact) mass is 334 g/mol. The van der Waals surface area contributed by atoms with Crippen molar-refractivity contribution in [2.45, 2.75) is 12.3 Å². The first-order chi connectivity index (χ1) is 10.6. The molecule has 5 nitrogen and oxygen atoms in total. The molecule has 3 rings (SSSR count).